The van der Waals surface area contributed by atoms with Crippen LogP contribution < -0.4 is 10.2 Å². The molecule has 0 unspecified atom stereocenters. The molecule has 0 amide bonds. The van der Waals surface area contributed by atoms with Crippen LogP contribution in [-0.2, 0) is 12.7 Å². The molecule has 5 nitrogen and oxygen atoms in total. The summed E-state index contributed by atoms with van der Waals surface area (Å²) in [6.45, 7) is 3.55. The zero-order valence-corrected chi connectivity index (χ0v) is 17.0. The molecule has 1 saturated heterocycles. The number of ether oxygens (including phenoxy) is 1. The van der Waals surface area contributed by atoms with Gasteiger partial charge in [0.2, 0.25) is 11.2 Å². The fourth-order valence-corrected chi connectivity index (χ4v) is 3.78. The van der Waals surface area contributed by atoms with E-state index in [2.05, 4.69) is 0 Å². The summed E-state index contributed by atoms with van der Waals surface area (Å²) >= 11 is 0. The number of rotatable bonds is 4. The van der Waals surface area contributed by atoms with Crippen molar-refractivity contribution in [1.82, 2.24) is 4.90 Å². The molecule has 1 aliphatic rings. The summed E-state index contributed by atoms with van der Waals surface area (Å²) < 4.78 is 52.1. The lowest BCUT2D eigenvalue weighted by Crippen LogP contribution is -2.29. The molecule has 8 heteroatoms. The Morgan fingerprint density at radius 1 is 1.06 bits per heavy atom. The normalized spacial score (nSPS) is 15.4. The highest BCUT2D eigenvalue weighted by atomic mass is 19.4. The lowest BCUT2D eigenvalue weighted by molar-refractivity contribution is -0.154. The van der Waals surface area contributed by atoms with E-state index in [1.807, 2.05) is 11.8 Å². The quantitative estimate of drug-likeness (QED) is 0.580. The average Bonchev–Trinajstić information content (AvgIpc) is 2.73. The zero-order chi connectivity index (χ0) is 22.2. The number of likely N-dealkylation sites (tertiary alicyclic amines) is 1. The standard InChI is InChI=1S/C23H22F3NO4/c1-14-5-7-15(8-6-14)30-21-19(29)16-9-10-18(28)17(13-27-11-3-2-4-12-27)20(16)31-22(21)23(24,25)26/h5-10,28H,2-4,11-13H2,1H3. The second-order valence-electron chi connectivity index (χ2n) is 7.78. The maximum absolute atomic E-state index is 13.8. The van der Waals surface area contributed by atoms with Gasteiger partial charge in [-0.2, -0.15) is 13.2 Å². The number of alkyl halides is 3. The van der Waals surface area contributed by atoms with Gasteiger partial charge in [-0.25, -0.2) is 0 Å². The number of phenols is 1. The number of phenolic OH excluding ortho intramolecular Hbond substituents is 1. The van der Waals surface area contributed by atoms with Gasteiger partial charge >= 0.3 is 6.18 Å². The molecule has 3 aromatic rings. The smallest absolute Gasteiger partial charge is 0.453 e. The van der Waals surface area contributed by atoms with Crippen molar-refractivity contribution < 1.29 is 27.4 Å². The topological polar surface area (TPSA) is 62.9 Å². The van der Waals surface area contributed by atoms with Gasteiger partial charge in [0.25, 0.3) is 5.76 Å². The molecule has 0 aliphatic carbocycles. The summed E-state index contributed by atoms with van der Waals surface area (Å²) in [7, 11) is 0. The molecule has 1 fully saturated rings. The predicted octanol–water partition coefficient (Wildman–Crippen LogP) is 5.60. The van der Waals surface area contributed by atoms with Crippen LogP contribution in [-0.4, -0.2) is 23.1 Å². The zero-order valence-electron chi connectivity index (χ0n) is 17.0. The number of aryl methyl sites for hydroxylation is 1. The van der Waals surface area contributed by atoms with Crippen molar-refractivity contribution in [3.63, 3.8) is 0 Å². The Balaban J connectivity index is 1.87. The van der Waals surface area contributed by atoms with Gasteiger partial charge in [0.15, 0.2) is 0 Å². The first-order valence-electron chi connectivity index (χ1n) is 10.1. The van der Waals surface area contributed by atoms with Crippen molar-refractivity contribution in [3.05, 3.63) is 63.5 Å². The molecule has 164 valence electrons. The number of fused-ring (bicyclic) bond motifs is 1. The number of benzene rings is 2. The number of halogens is 3. The molecule has 2 aromatic carbocycles. The summed E-state index contributed by atoms with van der Waals surface area (Å²) in [4.78, 5) is 15.1. The Morgan fingerprint density at radius 2 is 1.74 bits per heavy atom. The highest BCUT2D eigenvalue weighted by Crippen LogP contribution is 2.40. The maximum Gasteiger partial charge on any atom is 0.453 e. The third kappa shape index (κ3) is 4.39. The fourth-order valence-electron chi connectivity index (χ4n) is 3.78. The van der Waals surface area contributed by atoms with E-state index in [4.69, 9.17) is 9.15 Å². The van der Waals surface area contributed by atoms with Gasteiger partial charge in [-0.1, -0.05) is 24.1 Å². The monoisotopic (exact) mass is 433 g/mol. The second kappa shape index (κ2) is 8.26. The van der Waals surface area contributed by atoms with E-state index in [-0.39, 0.29) is 34.6 Å². The molecule has 0 atom stereocenters. The molecule has 1 N–H and O–H groups in total. The SMILES string of the molecule is Cc1ccc(Oc2c(C(F)(F)F)oc3c(CN4CCCCC4)c(O)ccc3c2=O)cc1. The predicted molar refractivity (Wildman–Crippen MR) is 110 cm³/mol. The Morgan fingerprint density at radius 3 is 2.39 bits per heavy atom. The van der Waals surface area contributed by atoms with Gasteiger partial charge in [0.05, 0.1) is 10.9 Å². The van der Waals surface area contributed by atoms with Crippen LogP contribution in [0.2, 0.25) is 0 Å². The molecule has 0 radical (unpaired) electrons. The van der Waals surface area contributed by atoms with Crippen LogP contribution in [0.3, 0.4) is 0 Å². The Kier molecular flexibility index (Phi) is 5.66. The molecule has 1 aromatic heterocycles. The van der Waals surface area contributed by atoms with Crippen LogP contribution in [0.1, 0.15) is 36.1 Å². The summed E-state index contributed by atoms with van der Waals surface area (Å²) in [5.41, 5.74) is -0.135. The van der Waals surface area contributed by atoms with Crippen LogP contribution in [0.25, 0.3) is 11.0 Å². The minimum absolute atomic E-state index is 0.0695. The van der Waals surface area contributed by atoms with Crippen molar-refractivity contribution in [2.75, 3.05) is 13.1 Å². The second-order valence-corrected chi connectivity index (χ2v) is 7.78. The van der Waals surface area contributed by atoms with Gasteiger partial charge in [-0.05, 0) is 57.1 Å². The first-order valence-corrected chi connectivity index (χ1v) is 10.1. The number of hydrogen-bond donors (Lipinski definition) is 1. The van der Waals surface area contributed by atoms with Crippen molar-refractivity contribution in [2.45, 2.75) is 38.9 Å². The highest BCUT2D eigenvalue weighted by molar-refractivity contribution is 5.83. The number of hydrogen-bond acceptors (Lipinski definition) is 5. The van der Waals surface area contributed by atoms with E-state index in [1.54, 1.807) is 12.1 Å². The fraction of sp³-hybridized carbons (Fsp3) is 0.348. The molecule has 0 bridgehead atoms. The molecule has 0 saturated carbocycles. The van der Waals surface area contributed by atoms with Gasteiger partial charge in [-0.3, -0.25) is 9.69 Å². The highest BCUT2D eigenvalue weighted by Gasteiger charge is 2.41. The summed E-state index contributed by atoms with van der Waals surface area (Å²) in [5, 5.41) is 10.3. The van der Waals surface area contributed by atoms with Crippen LogP contribution in [0.4, 0.5) is 13.2 Å². The molecular weight excluding hydrogens is 411 g/mol. The van der Waals surface area contributed by atoms with E-state index in [0.717, 1.165) is 37.9 Å². The number of aromatic hydroxyl groups is 1. The van der Waals surface area contributed by atoms with Crippen molar-refractivity contribution in [1.29, 1.82) is 0 Å². The van der Waals surface area contributed by atoms with Crippen molar-refractivity contribution >= 4 is 11.0 Å². The molecule has 31 heavy (non-hydrogen) atoms. The summed E-state index contributed by atoms with van der Waals surface area (Å²) in [6.07, 6.45) is -1.93. The summed E-state index contributed by atoms with van der Waals surface area (Å²) in [6, 6.07) is 8.87. The molecule has 4 rings (SSSR count). The molecule has 0 spiro atoms. The largest absolute Gasteiger partial charge is 0.507 e. The third-order valence-electron chi connectivity index (χ3n) is 5.43. The van der Waals surface area contributed by atoms with Gasteiger partial charge in [0, 0.05) is 6.54 Å². The Bertz CT molecular complexity index is 1150. The lowest BCUT2D eigenvalue weighted by Gasteiger charge is -2.27. The van der Waals surface area contributed by atoms with Gasteiger partial charge in [-0.15, -0.1) is 0 Å². The maximum atomic E-state index is 13.8. The third-order valence-corrected chi connectivity index (χ3v) is 5.43. The number of piperidine rings is 1. The lowest BCUT2D eigenvalue weighted by atomic mass is 10.1. The van der Waals surface area contributed by atoms with Crippen LogP contribution >= 0.6 is 0 Å². The Labute approximate surface area is 176 Å². The minimum Gasteiger partial charge on any atom is -0.507 e. The van der Waals surface area contributed by atoms with Crippen molar-refractivity contribution in [3.8, 4) is 17.2 Å². The number of nitrogens with zero attached hydrogens (tertiary/aromatic N) is 1. The van der Waals surface area contributed by atoms with Crippen molar-refractivity contribution in [2.24, 2.45) is 0 Å². The van der Waals surface area contributed by atoms with Gasteiger partial charge in [0.1, 0.15) is 17.1 Å². The summed E-state index contributed by atoms with van der Waals surface area (Å²) in [5.74, 6) is -2.55. The first-order chi connectivity index (χ1) is 14.7. The van der Waals surface area contributed by atoms with E-state index >= 15 is 0 Å². The molecular formula is C23H22F3NO4. The van der Waals surface area contributed by atoms with Crippen LogP contribution in [0.15, 0.2) is 45.6 Å². The first kappa shape index (κ1) is 21.2. The van der Waals surface area contributed by atoms with E-state index in [9.17, 15) is 23.1 Å². The van der Waals surface area contributed by atoms with Crippen LogP contribution in [0, 0.1) is 6.92 Å². The van der Waals surface area contributed by atoms with E-state index < -0.39 is 23.1 Å². The molecule has 1 aliphatic heterocycles. The molecule has 2 heterocycles. The Hall–Kier alpha value is -3.00. The van der Waals surface area contributed by atoms with E-state index in [0.29, 0.717) is 0 Å². The minimum atomic E-state index is -4.96. The van der Waals surface area contributed by atoms with Gasteiger partial charge < -0.3 is 14.3 Å². The van der Waals surface area contributed by atoms with Crippen LogP contribution in [0.5, 0.6) is 17.2 Å². The van der Waals surface area contributed by atoms with E-state index in [1.165, 1.54) is 24.3 Å². The average molecular weight is 433 g/mol.